The van der Waals surface area contributed by atoms with Crippen LogP contribution in [-0.4, -0.2) is 16.2 Å². The molecule has 2 N–H and O–H groups in total. The van der Waals surface area contributed by atoms with Crippen LogP contribution in [0.4, 0.5) is 8.78 Å². The summed E-state index contributed by atoms with van der Waals surface area (Å²) in [6.07, 6.45) is 1.57. The first kappa shape index (κ1) is 14.5. The maximum Gasteiger partial charge on any atom is 0.343 e. The molecule has 0 unspecified atom stereocenters. The van der Waals surface area contributed by atoms with Crippen molar-refractivity contribution in [1.82, 2.24) is 0 Å². The number of esters is 1. The number of phenols is 2. The van der Waals surface area contributed by atoms with Gasteiger partial charge in [-0.05, 0) is 17.7 Å². The van der Waals surface area contributed by atoms with Crippen molar-refractivity contribution in [2.75, 3.05) is 0 Å². The lowest BCUT2D eigenvalue weighted by Crippen LogP contribution is -2.09. The summed E-state index contributed by atoms with van der Waals surface area (Å²) >= 11 is 0. The zero-order valence-corrected chi connectivity index (χ0v) is 10.6. The Morgan fingerprint density at radius 2 is 1.76 bits per heavy atom. The van der Waals surface area contributed by atoms with Crippen LogP contribution in [0.3, 0.4) is 0 Å². The van der Waals surface area contributed by atoms with Gasteiger partial charge in [-0.25, -0.2) is 9.18 Å². The lowest BCUT2D eigenvalue weighted by Gasteiger charge is -2.08. The number of benzene rings is 2. The van der Waals surface area contributed by atoms with E-state index >= 15 is 0 Å². The molecule has 4 nitrogen and oxygen atoms in total. The summed E-state index contributed by atoms with van der Waals surface area (Å²) in [5.74, 6) is -7.05. The van der Waals surface area contributed by atoms with Crippen LogP contribution in [-0.2, 0) is 0 Å². The number of ether oxygens (including phenoxy) is 1. The normalized spacial score (nSPS) is 10.2. The Hall–Kier alpha value is -2.89. The molecule has 2 aromatic carbocycles. The quantitative estimate of drug-likeness (QED) is 0.518. The molecule has 6 heteroatoms. The summed E-state index contributed by atoms with van der Waals surface area (Å²) in [5, 5.41) is 18.2. The van der Waals surface area contributed by atoms with E-state index in [1.165, 1.54) is 12.1 Å². The van der Waals surface area contributed by atoms with Gasteiger partial charge in [0.15, 0.2) is 17.3 Å². The molecular weight excluding hydrogens is 282 g/mol. The Morgan fingerprint density at radius 3 is 2.33 bits per heavy atom. The van der Waals surface area contributed by atoms with Gasteiger partial charge in [0, 0.05) is 6.07 Å². The molecule has 0 spiro atoms. The van der Waals surface area contributed by atoms with E-state index in [0.29, 0.717) is 6.07 Å². The standard InChI is InChI=1S/C15H10F2O4/c1-2-8-3-5-9(6-4-8)15(20)21-11-7-10(16)13(18)14(19)12(11)17/h2-7,18-19H,1H2. The van der Waals surface area contributed by atoms with Gasteiger partial charge >= 0.3 is 5.97 Å². The third kappa shape index (κ3) is 2.84. The topological polar surface area (TPSA) is 66.8 Å². The number of hydrogen-bond acceptors (Lipinski definition) is 4. The van der Waals surface area contributed by atoms with Crippen molar-refractivity contribution in [3.8, 4) is 17.2 Å². The van der Waals surface area contributed by atoms with Crippen LogP contribution in [0.5, 0.6) is 17.2 Å². The highest BCUT2D eigenvalue weighted by molar-refractivity contribution is 5.91. The van der Waals surface area contributed by atoms with E-state index in [1.54, 1.807) is 18.2 Å². The Balaban J connectivity index is 2.29. The predicted octanol–water partition coefficient (Wildman–Crippen LogP) is 3.24. The van der Waals surface area contributed by atoms with Crippen LogP contribution in [0, 0.1) is 11.6 Å². The first-order valence-corrected chi connectivity index (χ1v) is 5.78. The van der Waals surface area contributed by atoms with E-state index in [4.69, 9.17) is 10.2 Å². The molecule has 0 aliphatic carbocycles. The number of phenolic OH excluding ortho intramolecular Hbond substituents is 2. The van der Waals surface area contributed by atoms with Gasteiger partial charge in [0.25, 0.3) is 0 Å². The van der Waals surface area contributed by atoms with Crippen LogP contribution in [0.25, 0.3) is 6.08 Å². The molecule has 0 saturated carbocycles. The molecule has 2 aromatic rings. The summed E-state index contributed by atoms with van der Waals surface area (Å²) in [5.41, 5.74) is 0.874. The Morgan fingerprint density at radius 1 is 1.14 bits per heavy atom. The maximum absolute atomic E-state index is 13.6. The lowest BCUT2D eigenvalue weighted by atomic mass is 10.1. The lowest BCUT2D eigenvalue weighted by molar-refractivity contribution is 0.0726. The maximum atomic E-state index is 13.6. The van der Waals surface area contributed by atoms with E-state index in [9.17, 15) is 13.6 Å². The Bertz CT molecular complexity index is 709. The number of carbonyl (C=O) groups excluding carboxylic acids is 1. The average molecular weight is 292 g/mol. The second-order valence-electron chi connectivity index (χ2n) is 4.08. The number of aromatic hydroxyl groups is 2. The molecule has 0 bridgehead atoms. The van der Waals surface area contributed by atoms with E-state index in [1.807, 2.05) is 0 Å². The minimum Gasteiger partial charge on any atom is -0.502 e. The molecule has 2 rings (SSSR count). The summed E-state index contributed by atoms with van der Waals surface area (Å²) in [6, 6.07) is 6.51. The summed E-state index contributed by atoms with van der Waals surface area (Å²) in [7, 11) is 0. The monoisotopic (exact) mass is 292 g/mol. The van der Waals surface area contributed by atoms with Crippen molar-refractivity contribution < 1.29 is 28.5 Å². The molecule has 0 amide bonds. The molecule has 0 aromatic heterocycles. The minimum atomic E-state index is -1.43. The second-order valence-corrected chi connectivity index (χ2v) is 4.08. The van der Waals surface area contributed by atoms with E-state index in [-0.39, 0.29) is 5.56 Å². The highest BCUT2D eigenvalue weighted by Gasteiger charge is 2.21. The first-order chi connectivity index (χ1) is 9.93. The largest absolute Gasteiger partial charge is 0.502 e. The van der Waals surface area contributed by atoms with Gasteiger partial charge in [-0.15, -0.1) is 0 Å². The van der Waals surface area contributed by atoms with Gasteiger partial charge < -0.3 is 14.9 Å². The van der Waals surface area contributed by atoms with Gasteiger partial charge in [0.1, 0.15) is 0 Å². The van der Waals surface area contributed by atoms with Crippen molar-refractivity contribution in [3.05, 3.63) is 59.7 Å². The van der Waals surface area contributed by atoms with Crippen LogP contribution >= 0.6 is 0 Å². The molecule has 0 aliphatic heterocycles. The van der Waals surface area contributed by atoms with Gasteiger partial charge in [-0.2, -0.15) is 4.39 Å². The molecule has 0 fully saturated rings. The molecule has 0 saturated heterocycles. The minimum absolute atomic E-state index is 0.105. The number of rotatable bonds is 3. The van der Waals surface area contributed by atoms with Gasteiger partial charge in [0.2, 0.25) is 11.6 Å². The third-order valence-corrected chi connectivity index (χ3v) is 2.72. The smallest absolute Gasteiger partial charge is 0.343 e. The predicted molar refractivity (Wildman–Crippen MR) is 71.2 cm³/mol. The van der Waals surface area contributed by atoms with Crippen LogP contribution in [0.15, 0.2) is 36.9 Å². The zero-order valence-electron chi connectivity index (χ0n) is 10.6. The molecule has 0 aliphatic rings. The third-order valence-electron chi connectivity index (χ3n) is 2.72. The summed E-state index contributed by atoms with van der Waals surface area (Å²) in [6.45, 7) is 3.55. The first-order valence-electron chi connectivity index (χ1n) is 5.78. The highest BCUT2D eigenvalue weighted by Crippen LogP contribution is 2.36. The Labute approximate surface area is 118 Å². The molecule has 0 heterocycles. The van der Waals surface area contributed by atoms with Crippen LogP contribution in [0.1, 0.15) is 15.9 Å². The molecule has 21 heavy (non-hydrogen) atoms. The molecule has 0 atom stereocenters. The van der Waals surface area contributed by atoms with Crippen LogP contribution in [0.2, 0.25) is 0 Å². The van der Waals surface area contributed by atoms with Crippen molar-refractivity contribution >= 4 is 12.0 Å². The van der Waals surface area contributed by atoms with E-state index in [2.05, 4.69) is 11.3 Å². The molecular formula is C15H10F2O4. The fourth-order valence-electron chi connectivity index (χ4n) is 1.57. The number of hydrogen-bond donors (Lipinski definition) is 2. The summed E-state index contributed by atoms with van der Waals surface area (Å²) in [4.78, 5) is 11.8. The number of carbonyl (C=O) groups is 1. The van der Waals surface area contributed by atoms with Crippen molar-refractivity contribution in [2.24, 2.45) is 0 Å². The SMILES string of the molecule is C=Cc1ccc(C(=O)Oc2cc(F)c(O)c(O)c2F)cc1. The molecule has 0 radical (unpaired) electrons. The van der Waals surface area contributed by atoms with Crippen LogP contribution < -0.4 is 4.74 Å². The van der Waals surface area contributed by atoms with E-state index < -0.39 is 34.9 Å². The fourth-order valence-corrected chi connectivity index (χ4v) is 1.57. The highest BCUT2D eigenvalue weighted by atomic mass is 19.1. The Kier molecular flexibility index (Phi) is 3.89. The van der Waals surface area contributed by atoms with Crippen molar-refractivity contribution in [1.29, 1.82) is 0 Å². The number of halogens is 2. The summed E-state index contributed by atoms with van der Waals surface area (Å²) < 4.78 is 31.4. The van der Waals surface area contributed by atoms with Crippen molar-refractivity contribution in [2.45, 2.75) is 0 Å². The second kappa shape index (κ2) is 5.62. The van der Waals surface area contributed by atoms with E-state index in [0.717, 1.165) is 5.56 Å². The molecule has 108 valence electrons. The van der Waals surface area contributed by atoms with Gasteiger partial charge in [0.05, 0.1) is 5.56 Å². The average Bonchev–Trinajstić information content (AvgIpc) is 2.50. The fraction of sp³-hybridized carbons (Fsp3) is 0. The van der Waals surface area contributed by atoms with Crippen molar-refractivity contribution in [3.63, 3.8) is 0 Å². The zero-order chi connectivity index (χ0) is 15.6. The van der Waals surface area contributed by atoms with Gasteiger partial charge in [-0.1, -0.05) is 24.8 Å². The van der Waals surface area contributed by atoms with Gasteiger partial charge in [-0.3, -0.25) is 0 Å².